The number of likely N-dealkylation sites (tertiary alicyclic amines) is 1. The van der Waals surface area contributed by atoms with Crippen LogP contribution in [0.25, 0.3) is 0 Å². The van der Waals surface area contributed by atoms with Crippen LogP contribution in [0.2, 0.25) is 0 Å². The van der Waals surface area contributed by atoms with Gasteiger partial charge in [0.2, 0.25) is 0 Å². The van der Waals surface area contributed by atoms with E-state index in [1.165, 1.54) is 0 Å². The van der Waals surface area contributed by atoms with Crippen LogP contribution in [0, 0.1) is 34.5 Å². The first-order valence-corrected chi connectivity index (χ1v) is 13.7. The number of anilines is 1. The van der Waals surface area contributed by atoms with Gasteiger partial charge in [0.1, 0.15) is 12.1 Å². The van der Waals surface area contributed by atoms with Crippen molar-refractivity contribution in [1.82, 2.24) is 4.90 Å². The summed E-state index contributed by atoms with van der Waals surface area (Å²) in [7, 11) is 0. The highest BCUT2D eigenvalue weighted by Gasteiger charge is 2.69. The summed E-state index contributed by atoms with van der Waals surface area (Å²) in [6, 6.07) is 5.12. The zero-order chi connectivity index (χ0) is 25.3. The number of rotatable bonds is 4. The van der Waals surface area contributed by atoms with Gasteiger partial charge >= 0.3 is 11.9 Å². The molecule has 8 heteroatoms. The molecule has 3 aliphatic heterocycles. The maximum absolute atomic E-state index is 12.2. The van der Waals surface area contributed by atoms with Gasteiger partial charge in [0, 0.05) is 41.2 Å². The van der Waals surface area contributed by atoms with Crippen LogP contribution in [0.4, 0.5) is 11.4 Å². The second-order valence-electron chi connectivity index (χ2n) is 12.4. The molecule has 3 aliphatic carbocycles. The van der Waals surface area contributed by atoms with Crippen molar-refractivity contribution >= 4 is 40.8 Å². The number of hydrogen-bond acceptors (Lipinski definition) is 6. The number of nitrogens with zero attached hydrogens (tertiary/aromatic N) is 3. The van der Waals surface area contributed by atoms with Gasteiger partial charge in [-0.15, -0.1) is 11.8 Å². The van der Waals surface area contributed by atoms with Crippen LogP contribution in [0.1, 0.15) is 27.7 Å². The monoisotopic (exact) mass is 505 g/mol. The molecule has 2 N–H and O–H groups in total. The van der Waals surface area contributed by atoms with Crippen molar-refractivity contribution in [3.8, 4) is 0 Å². The number of benzene rings is 1. The Balaban J connectivity index is 1.15. The minimum atomic E-state index is -0.747. The van der Waals surface area contributed by atoms with Crippen molar-refractivity contribution in [3.05, 3.63) is 42.1 Å². The molecule has 0 spiro atoms. The Morgan fingerprint density at radius 1 is 0.944 bits per heavy atom. The van der Waals surface area contributed by atoms with Crippen molar-refractivity contribution < 1.29 is 19.8 Å². The summed E-state index contributed by atoms with van der Waals surface area (Å²) in [6.45, 7) is 10.3. The first-order valence-electron chi connectivity index (χ1n) is 12.8. The molecule has 7 nitrogen and oxygen atoms in total. The third kappa shape index (κ3) is 2.91. The summed E-state index contributed by atoms with van der Waals surface area (Å²) < 4.78 is 0. The molecule has 0 radical (unpaired) electrons. The number of carbonyl (C=O) groups is 2. The summed E-state index contributed by atoms with van der Waals surface area (Å²) in [6.07, 6.45) is 6.19. The van der Waals surface area contributed by atoms with Gasteiger partial charge in [0.25, 0.3) is 0 Å². The van der Waals surface area contributed by atoms with E-state index in [1.54, 1.807) is 11.8 Å². The Morgan fingerprint density at radius 3 is 2.19 bits per heavy atom. The lowest BCUT2D eigenvalue weighted by atomic mass is 9.99. The van der Waals surface area contributed by atoms with Gasteiger partial charge in [0.05, 0.1) is 16.6 Å². The Kier molecular flexibility index (Phi) is 4.35. The number of allylic oxidation sites excluding steroid dienone is 2. The van der Waals surface area contributed by atoms with Crippen molar-refractivity contribution in [2.24, 2.45) is 39.5 Å². The molecule has 2 saturated heterocycles. The fraction of sp³-hybridized carbons (Fsp3) is 0.536. The van der Waals surface area contributed by atoms with Crippen LogP contribution >= 0.6 is 11.8 Å². The molecule has 1 aromatic rings. The predicted octanol–water partition coefficient (Wildman–Crippen LogP) is 4.27. The quantitative estimate of drug-likeness (QED) is 0.631. The molecular formula is C28H31N3O4S. The molecule has 7 atom stereocenters. The van der Waals surface area contributed by atoms with Crippen molar-refractivity contribution in [1.29, 1.82) is 0 Å². The molecule has 0 aromatic heterocycles. The normalized spacial score (nSPS) is 37.8. The second kappa shape index (κ2) is 6.97. The summed E-state index contributed by atoms with van der Waals surface area (Å²) in [5.41, 5.74) is 3.97. The zero-order valence-electron chi connectivity index (χ0n) is 20.9. The van der Waals surface area contributed by atoms with Crippen molar-refractivity contribution in [3.63, 3.8) is 0 Å². The molecular weight excluding hydrogens is 474 g/mol. The van der Waals surface area contributed by atoms with Crippen LogP contribution in [0.15, 0.2) is 52.0 Å². The third-order valence-electron chi connectivity index (χ3n) is 10.1. The van der Waals surface area contributed by atoms with Crippen LogP contribution in [-0.4, -0.2) is 63.2 Å². The maximum Gasteiger partial charge on any atom is 0.326 e. The van der Waals surface area contributed by atoms with Gasteiger partial charge in [-0.3, -0.25) is 4.99 Å². The zero-order valence-corrected chi connectivity index (χ0v) is 21.7. The summed E-state index contributed by atoms with van der Waals surface area (Å²) in [4.78, 5) is 34.4. The lowest BCUT2D eigenvalue weighted by molar-refractivity contribution is -0.143. The summed E-state index contributed by atoms with van der Waals surface area (Å²) >= 11 is 1.71. The van der Waals surface area contributed by atoms with Crippen LogP contribution < -0.4 is 4.90 Å². The first-order chi connectivity index (χ1) is 17.0. The standard InChI is InChI=1S/C28H31N3O4S/c1-27(2)15-11-30(23(21(15)27)25(32)33)13-5-7-17-19(9-13)36-20-10-14(6-8-18(20)29-17)31-12-16-22(28(16,3)4)24(31)26(34)35/h5-10,15-16,19,21-24H,11-12H2,1-4H3,(H,32,33)(H,34,35). The van der Waals surface area contributed by atoms with Crippen molar-refractivity contribution in [2.45, 2.75) is 49.9 Å². The van der Waals surface area contributed by atoms with E-state index in [9.17, 15) is 19.8 Å². The van der Waals surface area contributed by atoms with Gasteiger partial charge in [-0.05, 0) is 59.1 Å². The number of hydrogen-bond donors (Lipinski definition) is 2. The number of fused-ring (bicyclic) bond motifs is 4. The number of carboxylic acids is 2. The van der Waals surface area contributed by atoms with Crippen LogP contribution in [0.3, 0.4) is 0 Å². The summed E-state index contributed by atoms with van der Waals surface area (Å²) in [5, 5.41) is 20.0. The Morgan fingerprint density at radius 2 is 1.56 bits per heavy atom. The highest BCUT2D eigenvalue weighted by Crippen LogP contribution is 2.66. The fourth-order valence-electron chi connectivity index (χ4n) is 7.76. The van der Waals surface area contributed by atoms with E-state index in [0.29, 0.717) is 11.8 Å². The minimum Gasteiger partial charge on any atom is -0.480 e. The molecule has 2 saturated carbocycles. The molecule has 4 fully saturated rings. The largest absolute Gasteiger partial charge is 0.480 e. The second-order valence-corrected chi connectivity index (χ2v) is 13.6. The van der Waals surface area contributed by atoms with Crippen LogP contribution in [0.5, 0.6) is 0 Å². The molecule has 0 bridgehead atoms. The number of thioether (sulfide) groups is 1. The fourth-order valence-corrected chi connectivity index (χ4v) is 8.92. The van der Waals surface area contributed by atoms with Gasteiger partial charge in [0.15, 0.2) is 0 Å². The van der Waals surface area contributed by atoms with Crippen molar-refractivity contribution in [2.75, 3.05) is 18.0 Å². The topological polar surface area (TPSA) is 93.4 Å². The lowest BCUT2D eigenvalue weighted by Crippen LogP contribution is -2.42. The molecule has 188 valence electrons. The van der Waals surface area contributed by atoms with E-state index < -0.39 is 24.0 Å². The van der Waals surface area contributed by atoms with Gasteiger partial charge in [-0.1, -0.05) is 27.7 Å². The molecule has 36 heavy (non-hydrogen) atoms. The Hall–Kier alpha value is -2.74. The molecule has 0 amide bonds. The highest BCUT2D eigenvalue weighted by atomic mass is 32.2. The van der Waals surface area contributed by atoms with E-state index in [1.807, 2.05) is 24.3 Å². The van der Waals surface area contributed by atoms with E-state index >= 15 is 0 Å². The Labute approximate surface area is 214 Å². The Bertz CT molecular complexity index is 1310. The van der Waals surface area contributed by atoms with E-state index in [2.05, 4.69) is 49.6 Å². The van der Waals surface area contributed by atoms with Crippen LogP contribution in [-0.2, 0) is 9.59 Å². The molecule has 7 unspecified atom stereocenters. The van der Waals surface area contributed by atoms with E-state index in [4.69, 9.17) is 4.99 Å². The average molecular weight is 506 g/mol. The number of aliphatic carboxylic acids is 2. The van der Waals surface area contributed by atoms with Gasteiger partial charge < -0.3 is 20.0 Å². The lowest BCUT2D eigenvalue weighted by Gasteiger charge is -2.34. The number of carboxylic acid groups (broad SMARTS) is 2. The summed E-state index contributed by atoms with van der Waals surface area (Å²) in [5.74, 6) is -0.267. The van der Waals surface area contributed by atoms with Gasteiger partial charge in [-0.2, -0.15) is 0 Å². The molecule has 6 aliphatic rings. The number of piperidine rings is 2. The molecule has 7 rings (SSSR count). The highest BCUT2D eigenvalue weighted by molar-refractivity contribution is 8.01. The van der Waals surface area contributed by atoms with E-state index in [-0.39, 0.29) is 27.9 Å². The van der Waals surface area contributed by atoms with E-state index in [0.717, 1.165) is 40.8 Å². The first kappa shape index (κ1) is 22.5. The molecule has 1 aromatic carbocycles. The minimum absolute atomic E-state index is 0.00770. The maximum atomic E-state index is 12.2. The SMILES string of the molecule is CC1(C)C2CN(C3=CC4Sc5cc(N6CC7C(C6C(=O)O)C7(C)C)ccc5N=C4C=C3)C(C(=O)O)C21. The predicted molar refractivity (Wildman–Crippen MR) is 139 cm³/mol. The smallest absolute Gasteiger partial charge is 0.326 e. The number of aliphatic imine (C=N–C) groups is 1. The molecule has 3 heterocycles. The third-order valence-corrected chi connectivity index (χ3v) is 11.3. The van der Waals surface area contributed by atoms with Gasteiger partial charge in [-0.25, -0.2) is 9.59 Å². The average Bonchev–Trinajstić information content (AvgIpc) is 3.34.